The summed E-state index contributed by atoms with van der Waals surface area (Å²) in [5.41, 5.74) is 0.659. The lowest BCUT2D eigenvalue weighted by Gasteiger charge is -2.36. The van der Waals surface area contributed by atoms with Gasteiger partial charge in [0.1, 0.15) is 5.82 Å². The Hall–Kier alpha value is -1.99. The van der Waals surface area contributed by atoms with Crippen molar-refractivity contribution >= 4 is 17.6 Å². The van der Waals surface area contributed by atoms with Crippen LogP contribution in [-0.4, -0.2) is 52.5 Å². The van der Waals surface area contributed by atoms with E-state index >= 15 is 0 Å². The second kappa shape index (κ2) is 10.7. The lowest BCUT2D eigenvalue weighted by Crippen LogP contribution is -2.49. The first kappa shape index (κ1) is 23.3. The minimum Gasteiger partial charge on any atom is -0.465 e. The van der Waals surface area contributed by atoms with Crippen LogP contribution >= 0.6 is 0 Å². The maximum Gasteiger partial charge on any atom is 0.339 e. The van der Waals surface area contributed by atoms with Crippen LogP contribution in [0.3, 0.4) is 0 Å². The molecule has 1 aliphatic carbocycles. The fourth-order valence-corrected chi connectivity index (χ4v) is 3.92. The largest absolute Gasteiger partial charge is 0.465 e. The standard InChI is InChI=1S/C22H32FNO5/c1-14-6-8-16(9-7-14)21(25)24(17(12-27-3)13-28-4)20-11-19(23)15(2)10-18(20)22(26)29-5/h10-11,14,16-17H,6-9,12-13H2,1-5H3/t14-,16-. The van der Waals surface area contributed by atoms with Gasteiger partial charge < -0.3 is 19.1 Å². The number of ether oxygens (including phenoxy) is 3. The molecule has 0 heterocycles. The molecule has 7 heteroatoms. The number of methoxy groups -OCH3 is 3. The van der Waals surface area contributed by atoms with E-state index in [9.17, 15) is 14.0 Å². The summed E-state index contributed by atoms with van der Waals surface area (Å²) in [5, 5.41) is 0. The third kappa shape index (κ3) is 5.54. The van der Waals surface area contributed by atoms with Crippen LogP contribution in [0.15, 0.2) is 12.1 Å². The van der Waals surface area contributed by atoms with Gasteiger partial charge in [0.25, 0.3) is 0 Å². The Labute approximate surface area is 172 Å². The van der Waals surface area contributed by atoms with Crippen molar-refractivity contribution in [2.24, 2.45) is 11.8 Å². The molecule has 0 N–H and O–H groups in total. The van der Waals surface area contributed by atoms with Gasteiger partial charge in [-0.3, -0.25) is 4.79 Å². The average molecular weight is 409 g/mol. The predicted molar refractivity (Wildman–Crippen MR) is 109 cm³/mol. The summed E-state index contributed by atoms with van der Waals surface area (Å²) in [7, 11) is 4.33. The molecule has 0 atom stereocenters. The van der Waals surface area contributed by atoms with E-state index in [2.05, 4.69) is 6.92 Å². The van der Waals surface area contributed by atoms with E-state index in [1.165, 1.54) is 38.4 Å². The number of benzene rings is 1. The number of halogens is 1. The Morgan fingerprint density at radius 3 is 2.21 bits per heavy atom. The number of carbonyl (C=O) groups excluding carboxylic acids is 2. The molecular weight excluding hydrogens is 377 g/mol. The Kier molecular flexibility index (Phi) is 8.59. The zero-order valence-corrected chi connectivity index (χ0v) is 18.0. The van der Waals surface area contributed by atoms with Crippen LogP contribution in [0, 0.1) is 24.6 Å². The van der Waals surface area contributed by atoms with Gasteiger partial charge in [0.05, 0.1) is 37.6 Å². The summed E-state index contributed by atoms with van der Waals surface area (Å²) in [4.78, 5) is 27.5. The summed E-state index contributed by atoms with van der Waals surface area (Å²) in [5.74, 6) is -0.839. The zero-order chi connectivity index (χ0) is 21.6. The second-order valence-corrected chi connectivity index (χ2v) is 7.84. The smallest absolute Gasteiger partial charge is 0.339 e. The fraction of sp³-hybridized carbons (Fsp3) is 0.636. The van der Waals surface area contributed by atoms with Gasteiger partial charge in [-0.2, -0.15) is 0 Å². The number of rotatable bonds is 8. The lowest BCUT2D eigenvalue weighted by atomic mass is 9.82. The van der Waals surface area contributed by atoms with E-state index in [0.717, 1.165) is 25.7 Å². The normalized spacial score (nSPS) is 19.3. The van der Waals surface area contributed by atoms with Gasteiger partial charge in [-0.1, -0.05) is 6.92 Å². The summed E-state index contributed by atoms with van der Waals surface area (Å²) >= 11 is 0. The molecular formula is C22H32FNO5. The van der Waals surface area contributed by atoms with Crippen molar-refractivity contribution in [1.82, 2.24) is 0 Å². The molecule has 162 valence electrons. The number of amides is 1. The molecule has 0 saturated heterocycles. The number of anilines is 1. The van der Waals surface area contributed by atoms with E-state index in [-0.39, 0.29) is 36.3 Å². The maximum atomic E-state index is 14.5. The molecule has 0 radical (unpaired) electrons. The summed E-state index contributed by atoms with van der Waals surface area (Å²) in [6.45, 7) is 4.14. The Bertz CT molecular complexity index is 709. The first-order valence-electron chi connectivity index (χ1n) is 10.0. The van der Waals surface area contributed by atoms with Gasteiger partial charge in [-0.05, 0) is 56.2 Å². The molecule has 0 bridgehead atoms. The van der Waals surface area contributed by atoms with Crippen molar-refractivity contribution in [2.75, 3.05) is 39.4 Å². The molecule has 6 nitrogen and oxygen atoms in total. The maximum absolute atomic E-state index is 14.5. The topological polar surface area (TPSA) is 65.1 Å². The number of hydrogen-bond donors (Lipinski definition) is 0. The molecule has 29 heavy (non-hydrogen) atoms. The van der Waals surface area contributed by atoms with Crippen LogP contribution < -0.4 is 4.90 Å². The highest BCUT2D eigenvalue weighted by molar-refractivity contribution is 6.03. The number of nitrogens with zero attached hydrogens (tertiary/aromatic N) is 1. The number of esters is 1. The molecule has 1 saturated carbocycles. The van der Waals surface area contributed by atoms with Crippen LogP contribution in [0.5, 0.6) is 0 Å². The highest BCUT2D eigenvalue weighted by Crippen LogP contribution is 2.34. The number of aryl methyl sites for hydroxylation is 1. The predicted octanol–water partition coefficient (Wildman–Crippen LogP) is 3.74. The first-order chi connectivity index (χ1) is 13.8. The molecule has 1 aliphatic rings. The van der Waals surface area contributed by atoms with E-state index in [1.54, 1.807) is 6.92 Å². The van der Waals surface area contributed by atoms with Crippen LogP contribution in [-0.2, 0) is 19.0 Å². The van der Waals surface area contributed by atoms with Crippen molar-refractivity contribution in [1.29, 1.82) is 0 Å². The molecule has 1 amide bonds. The van der Waals surface area contributed by atoms with Crippen molar-refractivity contribution in [3.63, 3.8) is 0 Å². The monoisotopic (exact) mass is 409 g/mol. The van der Waals surface area contributed by atoms with Gasteiger partial charge in [0.15, 0.2) is 0 Å². The Morgan fingerprint density at radius 2 is 1.69 bits per heavy atom. The minimum absolute atomic E-state index is 0.135. The lowest BCUT2D eigenvalue weighted by molar-refractivity contribution is -0.124. The molecule has 1 fully saturated rings. The molecule has 0 unspecified atom stereocenters. The molecule has 0 aliphatic heterocycles. The molecule has 0 aromatic heterocycles. The van der Waals surface area contributed by atoms with Crippen molar-refractivity contribution < 1.29 is 28.2 Å². The van der Waals surface area contributed by atoms with Gasteiger partial charge in [0.2, 0.25) is 5.91 Å². The molecule has 1 aromatic rings. The van der Waals surface area contributed by atoms with Crippen LogP contribution in [0.2, 0.25) is 0 Å². The summed E-state index contributed by atoms with van der Waals surface area (Å²) < 4.78 is 30.0. The Balaban J connectivity index is 2.56. The first-order valence-corrected chi connectivity index (χ1v) is 10.0. The molecule has 1 aromatic carbocycles. The quantitative estimate of drug-likeness (QED) is 0.612. The highest BCUT2D eigenvalue weighted by atomic mass is 19.1. The van der Waals surface area contributed by atoms with Crippen molar-refractivity contribution in [3.05, 3.63) is 29.1 Å². The van der Waals surface area contributed by atoms with E-state index in [0.29, 0.717) is 11.5 Å². The van der Waals surface area contributed by atoms with E-state index in [1.807, 2.05) is 0 Å². The molecule has 0 spiro atoms. The molecule has 2 rings (SSSR count). The van der Waals surface area contributed by atoms with Crippen LogP contribution in [0.1, 0.15) is 48.5 Å². The minimum atomic E-state index is -0.619. The number of carbonyl (C=O) groups is 2. The van der Waals surface area contributed by atoms with Crippen LogP contribution in [0.25, 0.3) is 0 Å². The summed E-state index contributed by atoms with van der Waals surface area (Å²) in [6, 6.07) is 2.17. The van der Waals surface area contributed by atoms with Crippen LogP contribution in [0.4, 0.5) is 10.1 Å². The third-order valence-corrected chi connectivity index (χ3v) is 5.63. The fourth-order valence-electron chi connectivity index (χ4n) is 3.92. The summed E-state index contributed by atoms with van der Waals surface area (Å²) in [6.07, 6.45) is 3.47. The van der Waals surface area contributed by atoms with Gasteiger partial charge in [-0.15, -0.1) is 0 Å². The van der Waals surface area contributed by atoms with E-state index in [4.69, 9.17) is 14.2 Å². The highest BCUT2D eigenvalue weighted by Gasteiger charge is 2.35. The van der Waals surface area contributed by atoms with E-state index < -0.39 is 17.8 Å². The number of hydrogen-bond acceptors (Lipinski definition) is 5. The SMILES string of the molecule is COCC(COC)N(c1cc(F)c(C)cc1C(=O)OC)C(=O)[C@H]1CC[C@H](C)CC1. The zero-order valence-electron chi connectivity index (χ0n) is 18.0. The average Bonchev–Trinajstić information content (AvgIpc) is 2.70. The van der Waals surface area contributed by atoms with Crippen molar-refractivity contribution in [2.45, 2.75) is 45.6 Å². The van der Waals surface area contributed by atoms with Gasteiger partial charge in [-0.25, -0.2) is 9.18 Å². The Morgan fingerprint density at radius 1 is 1.10 bits per heavy atom. The third-order valence-electron chi connectivity index (χ3n) is 5.63. The van der Waals surface area contributed by atoms with Crippen molar-refractivity contribution in [3.8, 4) is 0 Å². The second-order valence-electron chi connectivity index (χ2n) is 7.84. The van der Waals surface area contributed by atoms with Gasteiger partial charge in [0, 0.05) is 20.1 Å². The van der Waals surface area contributed by atoms with Gasteiger partial charge >= 0.3 is 5.97 Å².